The summed E-state index contributed by atoms with van der Waals surface area (Å²) in [4.78, 5) is 12.0. The molecule has 0 aliphatic rings. The SMILES string of the molecule is CC(F)(F)Oc1ccc(Oc2ccc(N(Cc3cccn(O)c3=O)S(C)(=O)=O)cc2)cc1. The van der Waals surface area contributed by atoms with Crippen LogP contribution in [0, 0.1) is 0 Å². The Morgan fingerprint density at radius 3 is 2.06 bits per heavy atom. The number of halogens is 2. The van der Waals surface area contributed by atoms with Crippen LogP contribution in [0.25, 0.3) is 0 Å². The number of sulfonamides is 1. The van der Waals surface area contributed by atoms with Crippen molar-refractivity contribution in [1.29, 1.82) is 0 Å². The van der Waals surface area contributed by atoms with Crippen LogP contribution in [0.15, 0.2) is 71.7 Å². The van der Waals surface area contributed by atoms with Crippen molar-refractivity contribution in [3.8, 4) is 17.2 Å². The van der Waals surface area contributed by atoms with Crippen LogP contribution in [0.3, 0.4) is 0 Å². The predicted molar refractivity (Wildman–Crippen MR) is 113 cm³/mol. The topological polar surface area (TPSA) is 98.1 Å². The van der Waals surface area contributed by atoms with Gasteiger partial charge in [-0.15, -0.1) is 0 Å². The molecule has 0 aliphatic carbocycles. The summed E-state index contributed by atoms with van der Waals surface area (Å²) in [7, 11) is -3.75. The molecule has 0 radical (unpaired) electrons. The fraction of sp³-hybridized carbons (Fsp3) is 0.190. The van der Waals surface area contributed by atoms with Crippen LogP contribution < -0.4 is 19.3 Å². The average molecular weight is 466 g/mol. The molecule has 170 valence electrons. The molecule has 32 heavy (non-hydrogen) atoms. The van der Waals surface area contributed by atoms with Gasteiger partial charge in [-0.2, -0.15) is 13.5 Å². The summed E-state index contributed by atoms with van der Waals surface area (Å²) >= 11 is 0. The van der Waals surface area contributed by atoms with E-state index in [4.69, 9.17) is 4.74 Å². The Morgan fingerprint density at radius 1 is 1.00 bits per heavy atom. The van der Waals surface area contributed by atoms with Crippen molar-refractivity contribution in [3.63, 3.8) is 0 Å². The van der Waals surface area contributed by atoms with Crippen molar-refractivity contribution in [1.82, 2.24) is 4.73 Å². The maximum atomic E-state index is 12.9. The second-order valence-electron chi connectivity index (χ2n) is 6.93. The van der Waals surface area contributed by atoms with E-state index in [-0.39, 0.29) is 23.5 Å². The summed E-state index contributed by atoms with van der Waals surface area (Å²) in [6.07, 6.45) is -1.15. The molecule has 1 heterocycles. The van der Waals surface area contributed by atoms with Crippen molar-refractivity contribution in [2.75, 3.05) is 10.6 Å². The highest BCUT2D eigenvalue weighted by Gasteiger charge is 2.23. The normalized spacial score (nSPS) is 11.8. The summed E-state index contributed by atoms with van der Waals surface area (Å²) in [6, 6.07) is 14.4. The minimum absolute atomic E-state index is 0.0214. The number of pyridine rings is 1. The molecule has 0 fully saturated rings. The summed E-state index contributed by atoms with van der Waals surface area (Å²) in [5.41, 5.74) is -0.364. The lowest BCUT2D eigenvalue weighted by atomic mass is 10.2. The zero-order valence-corrected chi connectivity index (χ0v) is 17.9. The number of nitrogens with zero attached hydrogens (tertiary/aromatic N) is 2. The molecule has 3 aromatic rings. The van der Waals surface area contributed by atoms with E-state index in [2.05, 4.69) is 4.74 Å². The zero-order valence-electron chi connectivity index (χ0n) is 17.1. The van der Waals surface area contributed by atoms with Crippen LogP contribution in [-0.2, 0) is 16.6 Å². The molecule has 0 saturated carbocycles. The highest BCUT2D eigenvalue weighted by molar-refractivity contribution is 7.92. The number of aromatic nitrogens is 1. The Hall–Kier alpha value is -3.60. The maximum Gasteiger partial charge on any atom is 0.394 e. The van der Waals surface area contributed by atoms with Crippen LogP contribution >= 0.6 is 0 Å². The molecule has 0 aliphatic heterocycles. The maximum absolute atomic E-state index is 12.9. The van der Waals surface area contributed by atoms with Crippen LogP contribution in [0.2, 0.25) is 0 Å². The van der Waals surface area contributed by atoms with Gasteiger partial charge in [-0.3, -0.25) is 9.10 Å². The van der Waals surface area contributed by atoms with Gasteiger partial charge in [-0.25, -0.2) is 8.42 Å². The first-order chi connectivity index (χ1) is 14.9. The predicted octanol–water partition coefficient (Wildman–Crippen LogP) is 3.84. The van der Waals surface area contributed by atoms with E-state index in [1.807, 2.05) is 0 Å². The first-order valence-corrected chi connectivity index (χ1v) is 11.1. The van der Waals surface area contributed by atoms with E-state index in [9.17, 15) is 27.2 Å². The Bertz CT molecular complexity index is 1240. The number of ether oxygens (including phenoxy) is 2. The number of rotatable bonds is 8. The van der Waals surface area contributed by atoms with Crippen molar-refractivity contribution in [3.05, 3.63) is 82.8 Å². The van der Waals surface area contributed by atoms with Crippen LogP contribution in [0.4, 0.5) is 14.5 Å². The molecule has 3 rings (SSSR count). The van der Waals surface area contributed by atoms with Gasteiger partial charge in [0.25, 0.3) is 5.56 Å². The Morgan fingerprint density at radius 2 is 1.53 bits per heavy atom. The van der Waals surface area contributed by atoms with Crippen molar-refractivity contribution >= 4 is 15.7 Å². The molecular weight excluding hydrogens is 446 g/mol. The molecule has 0 unspecified atom stereocenters. The lowest BCUT2D eigenvalue weighted by molar-refractivity contribution is -0.158. The minimum Gasteiger partial charge on any atom is -0.457 e. The number of benzene rings is 2. The standard InChI is InChI=1S/C21H20F2N2O6S/c1-21(22,23)31-19-11-9-18(10-12-19)30-17-7-5-16(6-8-17)25(32(2,28)29)14-15-4-3-13-24(27)20(15)26/h3-13,27H,14H2,1-2H3. The Kier molecular flexibility index (Phi) is 6.40. The van der Waals surface area contributed by atoms with Gasteiger partial charge in [0.15, 0.2) is 0 Å². The molecule has 0 amide bonds. The lowest BCUT2D eigenvalue weighted by Crippen LogP contribution is -2.33. The quantitative estimate of drug-likeness (QED) is 0.507. The van der Waals surface area contributed by atoms with Gasteiger partial charge in [0, 0.05) is 18.7 Å². The third-order valence-corrected chi connectivity index (χ3v) is 5.34. The van der Waals surface area contributed by atoms with Crippen molar-refractivity contribution in [2.45, 2.75) is 19.6 Å². The molecular formula is C21H20F2N2O6S. The number of hydrogen-bond acceptors (Lipinski definition) is 6. The van der Waals surface area contributed by atoms with Crippen molar-refractivity contribution in [2.24, 2.45) is 0 Å². The first kappa shape index (κ1) is 23.1. The third kappa shape index (κ3) is 5.97. The molecule has 2 aromatic carbocycles. The molecule has 0 saturated heterocycles. The van der Waals surface area contributed by atoms with Gasteiger partial charge in [0.2, 0.25) is 10.0 Å². The van der Waals surface area contributed by atoms with Crippen molar-refractivity contribution < 1.29 is 31.9 Å². The van der Waals surface area contributed by atoms with E-state index in [1.165, 1.54) is 60.7 Å². The van der Waals surface area contributed by atoms with Crippen LogP contribution in [-0.4, -0.2) is 30.7 Å². The largest absolute Gasteiger partial charge is 0.457 e. The smallest absolute Gasteiger partial charge is 0.394 e. The molecule has 11 heteroatoms. The molecule has 0 spiro atoms. The van der Waals surface area contributed by atoms with Gasteiger partial charge in [0.05, 0.1) is 18.5 Å². The molecule has 0 atom stereocenters. The van der Waals surface area contributed by atoms with E-state index < -0.39 is 21.7 Å². The van der Waals surface area contributed by atoms with E-state index >= 15 is 0 Å². The second-order valence-corrected chi connectivity index (χ2v) is 8.84. The fourth-order valence-corrected chi connectivity index (χ4v) is 3.68. The summed E-state index contributed by atoms with van der Waals surface area (Å²) < 4.78 is 61.9. The molecule has 0 bridgehead atoms. The number of hydrogen-bond donors (Lipinski definition) is 1. The average Bonchev–Trinajstić information content (AvgIpc) is 2.69. The van der Waals surface area contributed by atoms with Gasteiger partial charge < -0.3 is 14.7 Å². The fourth-order valence-electron chi connectivity index (χ4n) is 2.80. The first-order valence-electron chi connectivity index (χ1n) is 9.25. The van der Waals surface area contributed by atoms with E-state index in [1.54, 1.807) is 0 Å². The number of alkyl halides is 2. The molecule has 8 nitrogen and oxygen atoms in total. The molecule has 1 N–H and O–H groups in total. The number of anilines is 1. The highest BCUT2D eigenvalue weighted by Crippen LogP contribution is 2.29. The van der Waals surface area contributed by atoms with Gasteiger partial charge >= 0.3 is 6.11 Å². The minimum atomic E-state index is -3.75. The van der Waals surface area contributed by atoms with E-state index in [0.717, 1.165) is 16.8 Å². The Labute approximate surface area is 182 Å². The monoisotopic (exact) mass is 466 g/mol. The molecule has 1 aromatic heterocycles. The van der Waals surface area contributed by atoms with Crippen LogP contribution in [0.1, 0.15) is 12.5 Å². The van der Waals surface area contributed by atoms with Gasteiger partial charge in [-0.1, -0.05) is 0 Å². The van der Waals surface area contributed by atoms with E-state index in [0.29, 0.717) is 23.2 Å². The lowest BCUT2D eigenvalue weighted by Gasteiger charge is -2.22. The summed E-state index contributed by atoms with van der Waals surface area (Å²) in [6.45, 7) is 0.360. The Balaban J connectivity index is 1.77. The highest BCUT2D eigenvalue weighted by atomic mass is 32.2. The van der Waals surface area contributed by atoms with Crippen LogP contribution in [0.5, 0.6) is 17.2 Å². The third-order valence-electron chi connectivity index (χ3n) is 4.20. The zero-order chi connectivity index (χ0) is 23.5. The van der Waals surface area contributed by atoms with Gasteiger partial charge in [-0.05, 0) is 60.7 Å². The second kappa shape index (κ2) is 8.87. The van der Waals surface area contributed by atoms with Gasteiger partial charge in [0.1, 0.15) is 17.2 Å². The summed E-state index contributed by atoms with van der Waals surface area (Å²) in [5, 5.41) is 9.51. The summed E-state index contributed by atoms with van der Waals surface area (Å²) in [5.74, 6) is 0.707.